The van der Waals surface area contributed by atoms with Gasteiger partial charge in [0.2, 0.25) is 0 Å². The number of fused-ring (bicyclic) bond motifs is 3. The Balaban J connectivity index is 2.28. The van der Waals surface area contributed by atoms with Gasteiger partial charge in [-0.25, -0.2) is 0 Å². The predicted octanol–water partition coefficient (Wildman–Crippen LogP) is 2.89. The van der Waals surface area contributed by atoms with Crippen LogP contribution in [-0.2, 0) is 9.59 Å². The van der Waals surface area contributed by atoms with Crippen LogP contribution in [0, 0.1) is 12.8 Å². The highest BCUT2D eigenvalue weighted by Crippen LogP contribution is 2.48. The minimum Gasteiger partial charge on any atom is -0.481 e. The summed E-state index contributed by atoms with van der Waals surface area (Å²) in [4.78, 5) is 22.9. The summed E-state index contributed by atoms with van der Waals surface area (Å²) in [6.07, 6.45) is 0. The third-order valence-corrected chi connectivity index (χ3v) is 3.99. The SMILES string of the molecule is Cc1ccc2c(c1)C(C(C(=O)O)C(=O)O)c1ccccc1-2. The Bertz CT molecular complexity index is 734. The molecule has 0 radical (unpaired) electrons. The first-order valence-electron chi connectivity index (χ1n) is 6.66. The van der Waals surface area contributed by atoms with Crippen molar-refractivity contribution in [2.75, 3.05) is 0 Å². The Morgan fingerprint density at radius 1 is 0.952 bits per heavy atom. The van der Waals surface area contributed by atoms with Gasteiger partial charge in [-0.3, -0.25) is 9.59 Å². The van der Waals surface area contributed by atoms with Crippen LogP contribution >= 0.6 is 0 Å². The number of carboxylic acid groups (broad SMARTS) is 2. The molecule has 2 aromatic carbocycles. The molecule has 0 spiro atoms. The van der Waals surface area contributed by atoms with Gasteiger partial charge in [-0.05, 0) is 29.2 Å². The summed E-state index contributed by atoms with van der Waals surface area (Å²) in [7, 11) is 0. The molecule has 4 nitrogen and oxygen atoms in total. The number of aryl methyl sites for hydroxylation is 1. The fraction of sp³-hybridized carbons (Fsp3) is 0.176. The third-order valence-electron chi connectivity index (χ3n) is 3.99. The molecule has 0 aliphatic heterocycles. The van der Waals surface area contributed by atoms with E-state index in [9.17, 15) is 19.8 Å². The van der Waals surface area contributed by atoms with Gasteiger partial charge in [-0.15, -0.1) is 0 Å². The van der Waals surface area contributed by atoms with E-state index in [0.29, 0.717) is 0 Å². The van der Waals surface area contributed by atoms with Crippen molar-refractivity contribution >= 4 is 11.9 Å². The van der Waals surface area contributed by atoms with Crippen molar-refractivity contribution in [3.63, 3.8) is 0 Å². The van der Waals surface area contributed by atoms with Crippen molar-refractivity contribution in [1.29, 1.82) is 0 Å². The first-order chi connectivity index (χ1) is 10.0. The number of carbonyl (C=O) groups is 2. The van der Waals surface area contributed by atoms with Gasteiger partial charge < -0.3 is 10.2 Å². The molecule has 1 unspecified atom stereocenters. The van der Waals surface area contributed by atoms with Crippen LogP contribution in [0.5, 0.6) is 0 Å². The minimum absolute atomic E-state index is 0.647. The second-order valence-corrected chi connectivity index (χ2v) is 5.31. The fourth-order valence-corrected chi connectivity index (χ4v) is 3.12. The molecule has 1 aliphatic carbocycles. The number of aliphatic carboxylic acids is 2. The average Bonchev–Trinajstić information content (AvgIpc) is 2.73. The lowest BCUT2D eigenvalue weighted by Gasteiger charge is -2.18. The molecular formula is C17H14O4. The Hall–Kier alpha value is -2.62. The summed E-state index contributed by atoms with van der Waals surface area (Å²) in [6, 6.07) is 13.2. The number of hydrogen-bond donors (Lipinski definition) is 2. The van der Waals surface area contributed by atoms with Crippen LogP contribution in [0.4, 0.5) is 0 Å². The number of rotatable bonds is 3. The number of benzene rings is 2. The van der Waals surface area contributed by atoms with E-state index in [1.165, 1.54) is 0 Å². The zero-order valence-electron chi connectivity index (χ0n) is 11.4. The molecule has 0 bridgehead atoms. The topological polar surface area (TPSA) is 74.6 Å². The van der Waals surface area contributed by atoms with E-state index in [1.807, 2.05) is 49.4 Å². The summed E-state index contributed by atoms with van der Waals surface area (Å²) >= 11 is 0. The molecule has 3 rings (SSSR count). The standard InChI is InChI=1S/C17H14O4/c1-9-6-7-11-10-4-2-3-5-12(10)14(13(11)8-9)15(16(18)19)17(20)21/h2-8,14-15H,1H3,(H,18,19)(H,20,21). The van der Waals surface area contributed by atoms with Crippen LogP contribution in [0.3, 0.4) is 0 Å². The van der Waals surface area contributed by atoms with Crippen molar-refractivity contribution in [3.8, 4) is 11.1 Å². The Labute approximate surface area is 121 Å². The number of carboxylic acids is 2. The maximum absolute atomic E-state index is 11.5. The summed E-state index contributed by atoms with van der Waals surface area (Å²) in [5, 5.41) is 18.7. The van der Waals surface area contributed by atoms with Crippen LogP contribution in [0.2, 0.25) is 0 Å². The summed E-state index contributed by atoms with van der Waals surface area (Å²) < 4.78 is 0. The van der Waals surface area contributed by atoms with E-state index in [0.717, 1.165) is 27.8 Å². The lowest BCUT2D eigenvalue weighted by Crippen LogP contribution is -2.29. The second kappa shape index (κ2) is 4.74. The van der Waals surface area contributed by atoms with Crippen molar-refractivity contribution in [2.45, 2.75) is 12.8 Å². The Kier molecular flexibility index (Phi) is 3.01. The fourth-order valence-electron chi connectivity index (χ4n) is 3.12. The van der Waals surface area contributed by atoms with Gasteiger partial charge in [-0.2, -0.15) is 0 Å². The molecule has 2 aromatic rings. The van der Waals surface area contributed by atoms with Crippen LogP contribution in [-0.4, -0.2) is 22.2 Å². The van der Waals surface area contributed by atoms with Crippen molar-refractivity contribution in [2.24, 2.45) is 5.92 Å². The van der Waals surface area contributed by atoms with E-state index in [-0.39, 0.29) is 0 Å². The van der Waals surface area contributed by atoms with Crippen LogP contribution in [0.1, 0.15) is 22.6 Å². The molecule has 4 heteroatoms. The first-order valence-corrected chi connectivity index (χ1v) is 6.66. The molecule has 2 N–H and O–H groups in total. The largest absolute Gasteiger partial charge is 0.481 e. The lowest BCUT2D eigenvalue weighted by atomic mass is 9.84. The zero-order chi connectivity index (χ0) is 15.1. The van der Waals surface area contributed by atoms with E-state index in [4.69, 9.17) is 0 Å². The van der Waals surface area contributed by atoms with Crippen molar-refractivity contribution in [3.05, 3.63) is 59.2 Å². The Morgan fingerprint density at radius 3 is 2.24 bits per heavy atom. The molecule has 0 saturated carbocycles. The number of hydrogen-bond acceptors (Lipinski definition) is 2. The lowest BCUT2D eigenvalue weighted by molar-refractivity contribution is -0.155. The summed E-state index contributed by atoms with van der Waals surface area (Å²) in [5.74, 6) is -4.74. The van der Waals surface area contributed by atoms with Crippen molar-refractivity contribution < 1.29 is 19.8 Å². The van der Waals surface area contributed by atoms with Crippen LogP contribution in [0.15, 0.2) is 42.5 Å². The highest BCUT2D eigenvalue weighted by Gasteiger charge is 2.42. The smallest absolute Gasteiger partial charge is 0.318 e. The highest BCUT2D eigenvalue weighted by molar-refractivity contribution is 5.97. The van der Waals surface area contributed by atoms with E-state index in [1.54, 1.807) is 0 Å². The maximum atomic E-state index is 11.5. The highest BCUT2D eigenvalue weighted by atomic mass is 16.4. The van der Waals surface area contributed by atoms with Crippen LogP contribution < -0.4 is 0 Å². The average molecular weight is 282 g/mol. The van der Waals surface area contributed by atoms with Gasteiger partial charge in [0, 0.05) is 5.92 Å². The molecule has 1 aliphatic rings. The quantitative estimate of drug-likeness (QED) is 0.849. The molecular weight excluding hydrogens is 268 g/mol. The van der Waals surface area contributed by atoms with E-state index in [2.05, 4.69) is 0 Å². The van der Waals surface area contributed by atoms with Gasteiger partial charge in [0.25, 0.3) is 0 Å². The molecule has 21 heavy (non-hydrogen) atoms. The molecule has 106 valence electrons. The van der Waals surface area contributed by atoms with Gasteiger partial charge in [-0.1, -0.05) is 48.0 Å². The van der Waals surface area contributed by atoms with Crippen LogP contribution in [0.25, 0.3) is 11.1 Å². The van der Waals surface area contributed by atoms with E-state index >= 15 is 0 Å². The van der Waals surface area contributed by atoms with E-state index < -0.39 is 23.8 Å². The summed E-state index contributed by atoms with van der Waals surface area (Å²) in [6.45, 7) is 1.91. The first kappa shape index (κ1) is 13.4. The molecule has 1 atom stereocenters. The zero-order valence-corrected chi connectivity index (χ0v) is 11.4. The summed E-state index contributed by atoms with van der Waals surface area (Å²) in [5.41, 5.74) is 4.39. The minimum atomic E-state index is -1.48. The van der Waals surface area contributed by atoms with Gasteiger partial charge >= 0.3 is 11.9 Å². The third kappa shape index (κ3) is 2.00. The van der Waals surface area contributed by atoms with Crippen molar-refractivity contribution in [1.82, 2.24) is 0 Å². The molecule has 0 amide bonds. The maximum Gasteiger partial charge on any atom is 0.318 e. The molecule has 0 fully saturated rings. The molecule has 0 saturated heterocycles. The Morgan fingerprint density at radius 2 is 1.57 bits per heavy atom. The molecule has 0 heterocycles. The normalized spacial score (nSPS) is 15.6. The van der Waals surface area contributed by atoms with Gasteiger partial charge in [0.15, 0.2) is 5.92 Å². The monoisotopic (exact) mass is 282 g/mol. The van der Waals surface area contributed by atoms with Gasteiger partial charge in [0.05, 0.1) is 0 Å². The molecule has 0 aromatic heterocycles. The van der Waals surface area contributed by atoms with Gasteiger partial charge in [0.1, 0.15) is 0 Å². The predicted molar refractivity (Wildman–Crippen MR) is 77.2 cm³/mol. The second-order valence-electron chi connectivity index (χ2n) is 5.31.